The van der Waals surface area contributed by atoms with Crippen LogP contribution in [-0.2, 0) is 6.42 Å². The lowest BCUT2D eigenvalue weighted by molar-refractivity contribution is 0.600. The maximum atomic E-state index is 6.11. The Morgan fingerprint density at radius 3 is 2.67 bits per heavy atom. The first-order valence-electron chi connectivity index (χ1n) is 6.90. The van der Waals surface area contributed by atoms with E-state index in [1.807, 2.05) is 6.07 Å². The van der Waals surface area contributed by atoms with Gasteiger partial charge in [0.2, 0.25) is 0 Å². The Bertz CT molecular complexity index is 402. The maximum absolute atomic E-state index is 6.11. The Morgan fingerprint density at radius 1 is 1.39 bits per heavy atom. The third-order valence-electron chi connectivity index (χ3n) is 3.05. The lowest BCUT2D eigenvalue weighted by atomic mass is 10.2. The minimum atomic E-state index is 0.567. The summed E-state index contributed by atoms with van der Waals surface area (Å²) in [6.07, 6.45) is 4.50. The highest BCUT2D eigenvalue weighted by molar-refractivity contribution is 6.29. The van der Waals surface area contributed by atoms with Gasteiger partial charge in [-0.1, -0.05) is 32.4 Å². The molecule has 18 heavy (non-hydrogen) atoms. The molecular formula is C14H22ClN3. The van der Waals surface area contributed by atoms with E-state index in [1.54, 1.807) is 0 Å². The quantitative estimate of drug-likeness (QED) is 0.736. The van der Waals surface area contributed by atoms with Gasteiger partial charge < -0.3 is 4.90 Å². The number of halogens is 1. The van der Waals surface area contributed by atoms with Crippen molar-refractivity contribution >= 4 is 17.4 Å². The minimum Gasteiger partial charge on any atom is -0.353 e. The predicted molar refractivity (Wildman–Crippen MR) is 76.2 cm³/mol. The summed E-state index contributed by atoms with van der Waals surface area (Å²) < 4.78 is 0. The van der Waals surface area contributed by atoms with Crippen molar-refractivity contribution in [3.05, 3.63) is 17.0 Å². The summed E-state index contributed by atoms with van der Waals surface area (Å²) in [5.41, 5.74) is 0. The van der Waals surface area contributed by atoms with Crippen molar-refractivity contribution in [2.75, 3.05) is 11.4 Å². The second-order valence-electron chi connectivity index (χ2n) is 5.49. The van der Waals surface area contributed by atoms with E-state index in [0.717, 1.165) is 31.0 Å². The summed E-state index contributed by atoms with van der Waals surface area (Å²) in [4.78, 5) is 11.4. The van der Waals surface area contributed by atoms with Crippen LogP contribution in [0.5, 0.6) is 0 Å². The van der Waals surface area contributed by atoms with E-state index in [4.69, 9.17) is 11.6 Å². The monoisotopic (exact) mass is 267 g/mol. The molecule has 1 aliphatic carbocycles. The highest BCUT2D eigenvalue weighted by atomic mass is 35.5. The summed E-state index contributed by atoms with van der Waals surface area (Å²) in [6.45, 7) is 7.66. The smallest absolute Gasteiger partial charge is 0.134 e. The molecule has 0 aliphatic heterocycles. The van der Waals surface area contributed by atoms with Gasteiger partial charge in [0.1, 0.15) is 16.8 Å². The zero-order valence-corrected chi connectivity index (χ0v) is 12.2. The van der Waals surface area contributed by atoms with Crippen molar-refractivity contribution in [2.45, 2.75) is 52.5 Å². The van der Waals surface area contributed by atoms with Gasteiger partial charge in [-0.25, -0.2) is 9.97 Å². The van der Waals surface area contributed by atoms with Crippen LogP contribution in [-0.4, -0.2) is 22.6 Å². The first-order valence-corrected chi connectivity index (χ1v) is 7.28. The van der Waals surface area contributed by atoms with E-state index in [0.29, 0.717) is 17.1 Å². The Hall–Kier alpha value is -0.830. The fraction of sp³-hybridized carbons (Fsp3) is 0.714. The van der Waals surface area contributed by atoms with Crippen LogP contribution in [0.4, 0.5) is 5.82 Å². The number of rotatable bonds is 6. The second-order valence-corrected chi connectivity index (χ2v) is 5.88. The zero-order valence-electron chi connectivity index (χ0n) is 11.5. The molecule has 1 aromatic heterocycles. The van der Waals surface area contributed by atoms with Crippen molar-refractivity contribution in [1.82, 2.24) is 9.97 Å². The molecule has 1 aliphatic rings. The van der Waals surface area contributed by atoms with Gasteiger partial charge in [0.25, 0.3) is 0 Å². The lowest BCUT2D eigenvalue weighted by Gasteiger charge is -2.25. The van der Waals surface area contributed by atoms with Crippen LogP contribution >= 0.6 is 11.6 Å². The molecule has 0 amide bonds. The largest absolute Gasteiger partial charge is 0.353 e. The molecule has 1 saturated carbocycles. The van der Waals surface area contributed by atoms with E-state index >= 15 is 0 Å². The molecule has 1 heterocycles. The maximum Gasteiger partial charge on any atom is 0.134 e. The van der Waals surface area contributed by atoms with Crippen LogP contribution in [0.25, 0.3) is 0 Å². The molecule has 0 bridgehead atoms. The first-order chi connectivity index (χ1) is 8.60. The van der Waals surface area contributed by atoms with Gasteiger partial charge in [-0.2, -0.15) is 0 Å². The van der Waals surface area contributed by atoms with Crippen molar-refractivity contribution in [2.24, 2.45) is 5.92 Å². The number of nitrogens with zero attached hydrogens (tertiary/aromatic N) is 3. The molecule has 0 aromatic carbocycles. The predicted octanol–water partition coefficient (Wildman–Crippen LogP) is 3.71. The van der Waals surface area contributed by atoms with E-state index in [-0.39, 0.29) is 0 Å². The normalized spacial score (nSPS) is 15.2. The number of hydrogen-bond donors (Lipinski definition) is 0. The summed E-state index contributed by atoms with van der Waals surface area (Å²) in [5, 5.41) is 0.567. The summed E-state index contributed by atoms with van der Waals surface area (Å²) in [7, 11) is 0. The van der Waals surface area contributed by atoms with Crippen LogP contribution in [0.2, 0.25) is 5.15 Å². The molecule has 0 unspecified atom stereocenters. The minimum absolute atomic E-state index is 0.567. The molecule has 3 nitrogen and oxygen atoms in total. The molecule has 4 heteroatoms. The number of aromatic nitrogens is 2. The third-order valence-corrected chi connectivity index (χ3v) is 3.24. The summed E-state index contributed by atoms with van der Waals surface area (Å²) in [6, 6.07) is 2.56. The molecule has 0 atom stereocenters. The Kier molecular flexibility index (Phi) is 4.44. The fourth-order valence-corrected chi connectivity index (χ4v) is 2.34. The van der Waals surface area contributed by atoms with Gasteiger partial charge in [0, 0.05) is 25.1 Å². The van der Waals surface area contributed by atoms with E-state index in [1.165, 1.54) is 12.8 Å². The van der Waals surface area contributed by atoms with Crippen LogP contribution in [0.15, 0.2) is 6.07 Å². The molecular weight excluding hydrogens is 246 g/mol. The van der Waals surface area contributed by atoms with Gasteiger partial charge in [0.05, 0.1) is 0 Å². The molecule has 1 fully saturated rings. The van der Waals surface area contributed by atoms with Gasteiger partial charge >= 0.3 is 0 Å². The fourth-order valence-electron chi connectivity index (χ4n) is 2.14. The Labute approximate surface area is 115 Å². The van der Waals surface area contributed by atoms with Crippen LogP contribution < -0.4 is 4.90 Å². The molecule has 0 saturated heterocycles. The average molecular weight is 268 g/mol. The molecule has 100 valence electrons. The van der Waals surface area contributed by atoms with Gasteiger partial charge in [-0.3, -0.25) is 0 Å². The van der Waals surface area contributed by atoms with Crippen LogP contribution in [0.1, 0.15) is 45.9 Å². The van der Waals surface area contributed by atoms with Crippen LogP contribution in [0.3, 0.4) is 0 Å². The van der Waals surface area contributed by atoms with Crippen molar-refractivity contribution in [3.8, 4) is 0 Å². The number of anilines is 1. The van der Waals surface area contributed by atoms with Gasteiger partial charge in [-0.15, -0.1) is 0 Å². The van der Waals surface area contributed by atoms with Crippen LogP contribution in [0, 0.1) is 5.92 Å². The van der Waals surface area contributed by atoms with Crippen molar-refractivity contribution < 1.29 is 0 Å². The second kappa shape index (κ2) is 5.87. The molecule has 0 radical (unpaired) electrons. The highest BCUT2D eigenvalue weighted by Crippen LogP contribution is 2.32. The topological polar surface area (TPSA) is 29.0 Å². The van der Waals surface area contributed by atoms with E-state index in [9.17, 15) is 0 Å². The SMILES string of the molecule is CCCc1nc(Cl)cc(N(CC(C)C)C2CC2)n1. The highest BCUT2D eigenvalue weighted by Gasteiger charge is 2.30. The summed E-state index contributed by atoms with van der Waals surface area (Å²) in [5.74, 6) is 2.51. The van der Waals surface area contributed by atoms with E-state index in [2.05, 4.69) is 35.6 Å². The number of hydrogen-bond acceptors (Lipinski definition) is 3. The number of aryl methyl sites for hydroxylation is 1. The Morgan fingerprint density at radius 2 is 2.11 bits per heavy atom. The van der Waals surface area contributed by atoms with Gasteiger partial charge in [0.15, 0.2) is 0 Å². The zero-order chi connectivity index (χ0) is 13.1. The third kappa shape index (κ3) is 3.58. The summed E-state index contributed by atoms with van der Waals surface area (Å²) >= 11 is 6.11. The molecule has 0 N–H and O–H groups in total. The van der Waals surface area contributed by atoms with Crippen molar-refractivity contribution in [3.63, 3.8) is 0 Å². The molecule has 1 aromatic rings. The van der Waals surface area contributed by atoms with Crippen molar-refractivity contribution in [1.29, 1.82) is 0 Å². The first kappa shape index (κ1) is 13.6. The average Bonchev–Trinajstić information content (AvgIpc) is 3.09. The molecule has 2 rings (SSSR count). The standard InChI is InChI=1S/C14H22ClN3/c1-4-5-13-16-12(15)8-14(17-13)18(9-10(2)3)11-6-7-11/h8,10-11H,4-7,9H2,1-3H3. The lowest BCUT2D eigenvalue weighted by Crippen LogP contribution is -2.31. The van der Waals surface area contributed by atoms with Gasteiger partial charge in [-0.05, 0) is 25.2 Å². The Balaban J connectivity index is 2.22. The molecule has 0 spiro atoms. The van der Waals surface area contributed by atoms with E-state index < -0.39 is 0 Å².